The first-order chi connectivity index (χ1) is 13.7. The molecular formula is C21H29N3O4. The fraction of sp³-hybridized carbons (Fsp3) is 0.381. The molecule has 0 heterocycles. The third kappa shape index (κ3) is 5.45. The third-order valence-electron chi connectivity index (χ3n) is 4.13. The first kappa shape index (κ1) is 21.2. The number of hydrogen-bond donors (Lipinski definition) is 2. The first-order valence-electron chi connectivity index (χ1n) is 9.09. The molecule has 7 nitrogen and oxygen atoms in total. The summed E-state index contributed by atoms with van der Waals surface area (Å²) in [7, 11) is 6.46. The van der Waals surface area contributed by atoms with E-state index >= 15 is 0 Å². The molecule has 2 aromatic rings. The van der Waals surface area contributed by atoms with Gasteiger partial charge in [-0.1, -0.05) is 18.2 Å². The van der Waals surface area contributed by atoms with E-state index in [-0.39, 0.29) is 0 Å². The monoisotopic (exact) mass is 387 g/mol. The molecule has 152 valence electrons. The Morgan fingerprint density at radius 1 is 0.857 bits per heavy atom. The molecular weight excluding hydrogens is 358 g/mol. The van der Waals surface area contributed by atoms with E-state index in [1.165, 1.54) is 0 Å². The number of benzene rings is 2. The van der Waals surface area contributed by atoms with Crippen LogP contribution in [-0.2, 0) is 13.1 Å². The number of guanidine groups is 1. The van der Waals surface area contributed by atoms with Crippen LogP contribution >= 0.6 is 0 Å². The van der Waals surface area contributed by atoms with E-state index in [4.69, 9.17) is 18.9 Å². The zero-order chi connectivity index (χ0) is 20.4. The number of hydrogen-bond acceptors (Lipinski definition) is 5. The highest BCUT2D eigenvalue weighted by molar-refractivity contribution is 5.79. The van der Waals surface area contributed by atoms with Crippen molar-refractivity contribution in [2.75, 3.05) is 35.0 Å². The zero-order valence-corrected chi connectivity index (χ0v) is 17.2. The lowest BCUT2D eigenvalue weighted by atomic mass is 10.2. The third-order valence-corrected chi connectivity index (χ3v) is 4.13. The average Bonchev–Trinajstić information content (AvgIpc) is 2.74. The Morgan fingerprint density at radius 2 is 1.50 bits per heavy atom. The van der Waals surface area contributed by atoms with Crippen molar-refractivity contribution < 1.29 is 18.9 Å². The number of nitrogens with zero attached hydrogens (tertiary/aromatic N) is 1. The summed E-state index contributed by atoms with van der Waals surface area (Å²) in [6.07, 6.45) is 0. The Kier molecular flexibility index (Phi) is 8.27. The lowest BCUT2D eigenvalue weighted by Gasteiger charge is -2.15. The SMILES string of the molecule is CCNC(=NCc1cc(OC)c(OC)c(OC)c1)NCc1ccccc1OC. The van der Waals surface area contributed by atoms with E-state index in [0.717, 1.165) is 23.4 Å². The summed E-state index contributed by atoms with van der Waals surface area (Å²) < 4.78 is 21.6. The van der Waals surface area contributed by atoms with Crippen LogP contribution in [-0.4, -0.2) is 40.9 Å². The number of ether oxygens (including phenoxy) is 4. The molecule has 7 heteroatoms. The molecule has 0 fully saturated rings. The summed E-state index contributed by atoms with van der Waals surface area (Å²) in [4.78, 5) is 4.66. The van der Waals surface area contributed by atoms with E-state index in [2.05, 4.69) is 15.6 Å². The summed E-state index contributed by atoms with van der Waals surface area (Å²) in [6, 6.07) is 11.7. The van der Waals surface area contributed by atoms with Crippen molar-refractivity contribution in [3.05, 3.63) is 47.5 Å². The second kappa shape index (κ2) is 10.9. The van der Waals surface area contributed by atoms with Crippen LogP contribution < -0.4 is 29.6 Å². The Labute approximate surface area is 166 Å². The van der Waals surface area contributed by atoms with E-state index in [0.29, 0.717) is 36.3 Å². The molecule has 0 saturated heterocycles. The predicted octanol–water partition coefficient (Wildman–Crippen LogP) is 2.98. The van der Waals surface area contributed by atoms with Gasteiger partial charge in [0, 0.05) is 18.7 Å². The number of para-hydroxylation sites is 1. The molecule has 2 N–H and O–H groups in total. The normalized spacial score (nSPS) is 11.0. The molecule has 0 aliphatic rings. The average molecular weight is 387 g/mol. The van der Waals surface area contributed by atoms with Crippen LogP contribution in [0.4, 0.5) is 0 Å². The van der Waals surface area contributed by atoms with Crippen molar-refractivity contribution >= 4 is 5.96 Å². The quantitative estimate of drug-likeness (QED) is 0.509. The van der Waals surface area contributed by atoms with Crippen LogP contribution in [0.1, 0.15) is 18.1 Å². The van der Waals surface area contributed by atoms with Gasteiger partial charge in [0.25, 0.3) is 0 Å². The maximum Gasteiger partial charge on any atom is 0.203 e. The van der Waals surface area contributed by atoms with E-state index in [1.54, 1.807) is 28.4 Å². The van der Waals surface area contributed by atoms with Crippen molar-refractivity contribution in [1.82, 2.24) is 10.6 Å². The highest BCUT2D eigenvalue weighted by Gasteiger charge is 2.13. The standard InChI is InChI=1S/C21H29N3O4/c1-6-22-21(24-14-16-9-7-8-10-17(16)25-2)23-13-15-11-18(26-3)20(28-5)19(12-15)27-4/h7-12H,6,13-14H2,1-5H3,(H2,22,23,24). The molecule has 0 aromatic heterocycles. The van der Waals surface area contributed by atoms with Crippen LogP contribution in [0.15, 0.2) is 41.4 Å². The predicted molar refractivity (Wildman–Crippen MR) is 111 cm³/mol. The van der Waals surface area contributed by atoms with Crippen LogP contribution in [0.3, 0.4) is 0 Å². The van der Waals surface area contributed by atoms with Crippen molar-refractivity contribution in [2.24, 2.45) is 4.99 Å². The summed E-state index contributed by atoms with van der Waals surface area (Å²) in [5.74, 6) is 3.34. The van der Waals surface area contributed by atoms with Crippen molar-refractivity contribution in [3.8, 4) is 23.0 Å². The minimum Gasteiger partial charge on any atom is -0.496 e. The van der Waals surface area contributed by atoms with Crippen LogP contribution in [0.2, 0.25) is 0 Å². The molecule has 0 aliphatic carbocycles. The number of nitrogens with one attached hydrogen (secondary N) is 2. The molecule has 2 aromatic carbocycles. The molecule has 0 amide bonds. The second-order valence-corrected chi connectivity index (χ2v) is 5.89. The highest BCUT2D eigenvalue weighted by Crippen LogP contribution is 2.38. The smallest absolute Gasteiger partial charge is 0.203 e. The lowest BCUT2D eigenvalue weighted by molar-refractivity contribution is 0.324. The second-order valence-electron chi connectivity index (χ2n) is 5.89. The van der Waals surface area contributed by atoms with Crippen molar-refractivity contribution in [3.63, 3.8) is 0 Å². The van der Waals surface area contributed by atoms with E-state index in [1.807, 2.05) is 43.3 Å². The van der Waals surface area contributed by atoms with Gasteiger partial charge in [-0.25, -0.2) is 4.99 Å². The van der Waals surface area contributed by atoms with Gasteiger partial charge in [0.2, 0.25) is 5.75 Å². The minimum absolute atomic E-state index is 0.456. The Morgan fingerprint density at radius 3 is 2.07 bits per heavy atom. The summed E-state index contributed by atoms with van der Waals surface area (Å²) >= 11 is 0. The fourth-order valence-corrected chi connectivity index (χ4v) is 2.77. The van der Waals surface area contributed by atoms with Crippen molar-refractivity contribution in [2.45, 2.75) is 20.0 Å². The van der Waals surface area contributed by atoms with Crippen LogP contribution in [0, 0.1) is 0 Å². The van der Waals surface area contributed by atoms with Gasteiger partial charge in [0.15, 0.2) is 17.5 Å². The molecule has 0 saturated carbocycles. The molecule has 2 rings (SSSR count). The van der Waals surface area contributed by atoms with Gasteiger partial charge in [-0.3, -0.25) is 0 Å². The van der Waals surface area contributed by atoms with Gasteiger partial charge in [0.1, 0.15) is 5.75 Å². The summed E-state index contributed by atoms with van der Waals surface area (Å²) in [6.45, 7) is 3.84. The van der Waals surface area contributed by atoms with Crippen LogP contribution in [0.25, 0.3) is 0 Å². The topological polar surface area (TPSA) is 73.3 Å². The molecule has 28 heavy (non-hydrogen) atoms. The molecule has 0 bridgehead atoms. The van der Waals surface area contributed by atoms with Gasteiger partial charge in [-0.2, -0.15) is 0 Å². The van der Waals surface area contributed by atoms with Gasteiger partial charge >= 0.3 is 0 Å². The molecule has 0 unspecified atom stereocenters. The van der Waals surface area contributed by atoms with E-state index in [9.17, 15) is 0 Å². The maximum absolute atomic E-state index is 5.41. The number of methoxy groups -OCH3 is 4. The van der Waals surface area contributed by atoms with Gasteiger partial charge < -0.3 is 29.6 Å². The molecule has 0 atom stereocenters. The Balaban J connectivity index is 2.16. The molecule has 0 spiro atoms. The molecule has 0 aliphatic heterocycles. The summed E-state index contributed by atoms with van der Waals surface area (Å²) in [5.41, 5.74) is 2.01. The Bertz CT molecular complexity index is 768. The largest absolute Gasteiger partial charge is 0.496 e. The maximum atomic E-state index is 5.41. The number of aliphatic imine (C=N–C) groups is 1. The minimum atomic E-state index is 0.456. The van der Waals surface area contributed by atoms with Gasteiger partial charge in [0.05, 0.1) is 35.0 Å². The fourth-order valence-electron chi connectivity index (χ4n) is 2.77. The van der Waals surface area contributed by atoms with Gasteiger partial charge in [-0.05, 0) is 30.7 Å². The lowest BCUT2D eigenvalue weighted by Crippen LogP contribution is -2.36. The first-order valence-corrected chi connectivity index (χ1v) is 9.09. The highest BCUT2D eigenvalue weighted by atomic mass is 16.5. The van der Waals surface area contributed by atoms with Crippen LogP contribution in [0.5, 0.6) is 23.0 Å². The molecule has 0 radical (unpaired) electrons. The zero-order valence-electron chi connectivity index (χ0n) is 17.2. The number of rotatable bonds is 9. The van der Waals surface area contributed by atoms with E-state index < -0.39 is 0 Å². The van der Waals surface area contributed by atoms with Crippen molar-refractivity contribution in [1.29, 1.82) is 0 Å². The summed E-state index contributed by atoms with van der Waals surface area (Å²) in [5, 5.41) is 6.58. The Hall–Kier alpha value is -3.09. The van der Waals surface area contributed by atoms with Gasteiger partial charge in [-0.15, -0.1) is 0 Å².